The molecule has 1 unspecified atom stereocenters. The standard InChI is InChI=1S/C9H16N2O2/c1-7-6-11(4-5-13-7)8(12)9(10)2-3-9/h7H,2-6,10H2,1H3. The predicted molar refractivity (Wildman–Crippen MR) is 48.1 cm³/mol. The smallest absolute Gasteiger partial charge is 0.242 e. The van der Waals surface area contributed by atoms with Crippen molar-refractivity contribution < 1.29 is 9.53 Å². The second kappa shape index (κ2) is 2.96. The number of carbonyl (C=O) groups is 1. The summed E-state index contributed by atoms with van der Waals surface area (Å²) in [6.45, 7) is 4.01. The van der Waals surface area contributed by atoms with E-state index in [1.165, 1.54) is 0 Å². The van der Waals surface area contributed by atoms with Crippen LogP contribution in [0.2, 0.25) is 0 Å². The molecule has 1 heterocycles. The highest BCUT2D eigenvalue weighted by Gasteiger charge is 2.48. The van der Waals surface area contributed by atoms with Crippen molar-refractivity contribution in [2.45, 2.75) is 31.4 Å². The van der Waals surface area contributed by atoms with E-state index in [-0.39, 0.29) is 12.0 Å². The van der Waals surface area contributed by atoms with Gasteiger partial charge in [0.1, 0.15) is 0 Å². The summed E-state index contributed by atoms with van der Waals surface area (Å²) in [5, 5.41) is 0. The third-order valence-electron chi connectivity index (χ3n) is 2.74. The normalized spacial score (nSPS) is 31.5. The van der Waals surface area contributed by atoms with E-state index < -0.39 is 5.54 Å². The van der Waals surface area contributed by atoms with Crippen molar-refractivity contribution >= 4 is 5.91 Å². The summed E-state index contributed by atoms with van der Waals surface area (Å²) in [4.78, 5) is 13.6. The highest BCUT2D eigenvalue weighted by molar-refractivity contribution is 5.89. The monoisotopic (exact) mass is 184 g/mol. The highest BCUT2D eigenvalue weighted by Crippen LogP contribution is 2.34. The molecular formula is C9H16N2O2. The van der Waals surface area contributed by atoms with Crippen LogP contribution < -0.4 is 5.73 Å². The van der Waals surface area contributed by atoms with E-state index in [9.17, 15) is 4.79 Å². The molecule has 1 amide bonds. The largest absolute Gasteiger partial charge is 0.375 e. The zero-order chi connectivity index (χ0) is 9.47. The van der Waals surface area contributed by atoms with Gasteiger partial charge in [-0.25, -0.2) is 0 Å². The first-order chi connectivity index (χ1) is 6.12. The fourth-order valence-electron chi connectivity index (χ4n) is 1.67. The molecule has 1 aliphatic heterocycles. The minimum Gasteiger partial charge on any atom is -0.375 e. The van der Waals surface area contributed by atoms with Crippen LogP contribution in [0.1, 0.15) is 19.8 Å². The van der Waals surface area contributed by atoms with Gasteiger partial charge in [0.2, 0.25) is 5.91 Å². The van der Waals surface area contributed by atoms with E-state index >= 15 is 0 Å². The summed E-state index contributed by atoms with van der Waals surface area (Å²) >= 11 is 0. The average Bonchev–Trinajstić information content (AvgIpc) is 2.84. The SMILES string of the molecule is CC1CN(C(=O)C2(N)CC2)CCO1. The van der Waals surface area contributed by atoms with E-state index in [1.54, 1.807) is 0 Å². The van der Waals surface area contributed by atoms with Gasteiger partial charge in [-0.2, -0.15) is 0 Å². The number of morpholine rings is 1. The molecule has 74 valence electrons. The second-order valence-corrected chi connectivity index (χ2v) is 4.09. The van der Waals surface area contributed by atoms with Crippen LogP contribution in [0.5, 0.6) is 0 Å². The highest BCUT2D eigenvalue weighted by atomic mass is 16.5. The van der Waals surface area contributed by atoms with Crippen LogP contribution in [0.4, 0.5) is 0 Å². The Morgan fingerprint density at radius 3 is 2.85 bits per heavy atom. The maximum absolute atomic E-state index is 11.8. The van der Waals surface area contributed by atoms with Gasteiger partial charge >= 0.3 is 0 Å². The maximum Gasteiger partial charge on any atom is 0.242 e. The number of carbonyl (C=O) groups excluding carboxylic acids is 1. The van der Waals surface area contributed by atoms with E-state index in [0.717, 1.165) is 12.8 Å². The fraction of sp³-hybridized carbons (Fsp3) is 0.889. The van der Waals surface area contributed by atoms with Crippen molar-refractivity contribution in [1.82, 2.24) is 4.90 Å². The number of nitrogens with zero attached hydrogens (tertiary/aromatic N) is 1. The lowest BCUT2D eigenvalue weighted by molar-refractivity contribution is -0.140. The van der Waals surface area contributed by atoms with Crippen molar-refractivity contribution in [3.8, 4) is 0 Å². The topological polar surface area (TPSA) is 55.6 Å². The average molecular weight is 184 g/mol. The van der Waals surface area contributed by atoms with Gasteiger partial charge in [0.05, 0.1) is 18.2 Å². The maximum atomic E-state index is 11.8. The first kappa shape index (κ1) is 8.97. The zero-order valence-electron chi connectivity index (χ0n) is 7.95. The van der Waals surface area contributed by atoms with Crippen LogP contribution in [0.3, 0.4) is 0 Å². The van der Waals surface area contributed by atoms with Crippen molar-refractivity contribution in [2.75, 3.05) is 19.7 Å². The van der Waals surface area contributed by atoms with Gasteiger partial charge in [0.15, 0.2) is 0 Å². The zero-order valence-corrected chi connectivity index (χ0v) is 7.95. The molecule has 1 atom stereocenters. The molecule has 4 nitrogen and oxygen atoms in total. The van der Waals surface area contributed by atoms with Crippen LogP contribution in [0.25, 0.3) is 0 Å². The number of hydrogen-bond donors (Lipinski definition) is 1. The summed E-state index contributed by atoms with van der Waals surface area (Å²) in [5.41, 5.74) is 5.32. The quantitative estimate of drug-likeness (QED) is 0.610. The van der Waals surface area contributed by atoms with Crippen LogP contribution in [-0.4, -0.2) is 42.1 Å². The van der Waals surface area contributed by atoms with Crippen LogP contribution >= 0.6 is 0 Å². The Morgan fingerprint density at radius 2 is 2.31 bits per heavy atom. The minimum atomic E-state index is -0.517. The van der Waals surface area contributed by atoms with Gasteiger partial charge in [-0.05, 0) is 19.8 Å². The third kappa shape index (κ3) is 1.69. The molecule has 2 aliphatic rings. The fourth-order valence-corrected chi connectivity index (χ4v) is 1.67. The summed E-state index contributed by atoms with van der Waals surface area (Å²) in [6.07, 6.45) is 1.84. The molecule has 1 saturated carbocycles. The molecule has 1 saturated heterocycles. The van der Waals surface area contributed by atoms with Crippen LogP contribution in [0, 0.1) is 0 Å². The van der Waals surface area contributed by atoms with Gasteiger partial charge in [-0.3, -0.25) is 4.79 Å². The lowest BCUT2D eigenvalue weighted by atomic mass is 10.2. The summed E-state index contributed by atoms with van der Waals surface area (Å²) in [6, 6.07) is 0. The number of nitrogens with two attached hydrogens (primary N) is 1. The van der Waals surface area contributed by atoms with Crippen molar-refractivity contribution in [3.05, 3.63) is 0 Å². The van der Waals surface area contributed by atoms with E-state index in [0.29, 0.717) is 19.7 Å². The van der Waals surface area contributed by atoms with Crippen molar-refractivity contribution in [1.29, 1.82) is 0 Å². The van der Waals surface area contributed by atoms with Crippen molar-refractivity contribution in [3.63, 3.8) is 0 Å². The molecule has 2 N–H and O–H groups in total. The van der Waals surface area contributed by atoms with Crippen LogP contribution in [0.15, 0.2) is 0 Å². The molecule has 0 bridgehead atoms. The summed E-state index contributed by atoms with van der Waals surface area (Å²) in [5.74, 6) is 0.114. The van der Waals surface area contributed by atoms with Gasteiger partial charge < -0.3 is 15.4 Å². The molecule has 1 aliphatic carbocycles. The molecule has 4 heteroatoms. The van der Waals surface area contributed by atoms with Gasteiger partial charge in [0, 0.05) is 13.1 Å². The molecule has 0 aromatic heterocycles. The van der Waals surface area contributed by atoms with E-state index in [1.807, 2.05) is 11.8 Å². The summed E-state index contributed by atoms with van der Waals surface area (Å²) in [7, 11) is 0. The first-order valence-electron chi connectivity index (χ1n) is 4.82. The lowest BCUT2D eigenvalue weighted by Gasteiger charge is -2.32. The Hall–Kier alpha value is -0.610. The molecule has 0 aromatic carbocycles. The van der Waals surface area contributed by atoms with E-state index in [4.69, 9.17) is 10.5 Å². The Labute approximate surface area is 78.0 Å². The predicted octanol–water partition coefficient (Wildman–Crippen LogP) is -0.275. The molecule has 0 radical (unpaired) electrons. The second-order valence-electron chi connectivity index (χ2n) is 4.09. The number of ether oxygens (including phenoxy) is 1. The van der Waals surface area contributed by atoms with Gasteiger partial charge in [-0.15, -0.1) is 0 Å². The molecule has 2 rings (SSSR count). The molecule has 13 heavy (non-hydrogen) atoms. The minimum absolute atomic E-state index is 0.114. The Morgan fingerprint density at radius 1 is 1.62 bits per heavy atom. The number of amides is 1. The lowest BCUT2D eigenvalue weighted by Crippen LogP contribution is -2.52. The van der Waals surface area contributed by atoms with Crippen molar-refractivity contribution in [2.24, 2.45) is 5.73 Å². The Kier molecular flexibility index (Phi) is 2.04. The number of rotatable bonds is 1. The third-order valence-corrected chi connectivity index (χ3v) is 2.74. The summed E-state index contributed by atoms with van der Waals surface area (Å²) < 4.78 is 5.36. The molecule has 0 aromatic rings. The molecule has 2 fully saturated rings. The van der Waals surface area contributed by atoms with E-state index in [2.05, 4.69) is 0 Å². The number of hydrogen-bond acceptors (Lipinski definition) is 3. The van der Waals surface area contributed by atoms with Crippen LogP contribution in [-0.2, 0) is 9.53 Å². The van der Waals surface area contributed by atoms with Gasteiger partial charge in [0.25, 0.3) is 0 Å². The molecular weight excluding hydrogens is 168 g/mol. The molecule has 0 spiro atoms. The van der Waals surface area contributed by atoms with Gasteiger partial charge in [-0.1, -0.05) is 0 Å². The first-order valence-corrected chi connectivity index (χ1v) is 4.82. The Bertz CT molecular complexity index is 226. The Balaban J connectivity index is 1.96.